The molecular weight excluding hydrogens is 402 g/mol. The first-order chi connectivity index (χ1) is 13.5. The van der Waals surface area contributed by atoms with Gasteiger partial charge in [0.2, 0.25) is 11.8 Å². The lowest BCUT2D eigenvalue weighted by atomic mass is 10.1. The predicted octanol–water partition coefficient (Wildman–Crippen LogP) is 4.34. The SMILES string of the molecule is O=C(Cc1ccc(C(F)(F)F)cc1)N1CCC(Oc2cc(C(F)(F)F)ccn2)C1. The molecule has 4 nitrogen and oxygen atoms in total. The van der Waals surface area contributed by atoms with Gasteiger partial charge in [-0.2, -0.15) is 26.3 Å². The highest BCUT2D eigenvalue weighted by Gasteiger charge is 2.33. The summed E-state index contributed by atoms with van der Waals surface area (Å²) in [5.74, 6) is -0.477. The summed E-state index contributed by atoms with van der Waals surface area (Å²) in [6.07, 6.45) is -8.13. The van der Waals surface area contributed by atoms with Gasteiger partial charge in [0, 0.05) is 25.2 Å². The summed E-state index contributed by atoms with van der Waals surface area (Å²) >= 11 is 0. The van der Waals surface area contributed by atoms with Crippen LogP contribution in [0.4, 0.5) is 26.3 Å². The number of alkyl halides is 6. The third kappa shape index (κ3) is 5.39. The van der Waals surface area contributed by atoms with Gasteiger partial charge in [-0.25, -0.2) is 4.98 Å². The minimum Gasteiger partial charge on any atom is -0.472 e. The van der Waals surface area contributed by atoms with E-state index in [4.69, 9.17) is 4.74 Å². The number of ether oxygens (including phenoxy) is 1. The molecule has 29 heavy (non-hydrogen) atoms. The van der Waals surface area contributed by atoms with E-state index in [1.165, 1.54) is 17.0 Å². The molecule has 0 spiro atoms. The van der Waals surface area contributed by atoms with E-state index < -0.39 is 29.6 Å². The minimum atomic E-state index is -4.51. The van der Waals surface area contributed by atoms with E-state index in [-0.39, 0.29) is 24.8 Å². The fourth-order valence-corrected chi connectivity index (χ4v) is 2.97. The zero-order valence-electron chi connectivity index (χ0n) is 14.9. The average Bonchev–Trinajstić information content (AvgIpc) is 3.09. The van der Waals surface area contributed by atoms with Gasteiger partial charge in [0.05, 0.1) is 24.1 Å². The quantitative estimate of drug-likeness (QED) is 0.694. The van der Waals surface area contributed by atoms with Crippen LogP contribution in [0.3, 0.4) is 0 Å². The van der Waals surface area contributed by atoms with Crippen LogP contribution < -0.4 is 4.74 Å². The number of hydrogen-bond acceptors (Lipinski definition) is 3. The molecule has 1 unspecified atom stereocenters. The summed E-state index contributed by atoms with van der Waals surface area (Å²) in [6.45, 7) is 0.500. The minimum absolute atomic E-state index is 0.0767. The second kappa shape index (κ2) is 7.92. The van der Waals surface area contributed by atoms with Gasteiger partial charge in [0.15, 0.2) is 0 Å². The summed E-state index contributed by atoms with van der Waals surface area (Å²) in [5.41, 5.74) is -1.24. The number of likely N-dealkylation sites (tertiary alicyclic amines) is 1. The van der Waals surface area contributed by atoms with Crippen LogP contribution in [0.1, 0.15) is 23.1 Å². The number of amides is 1. The van der Waals surface area contributed by atoms with E-state index >= 15 is 0 Å². The van der Waals surface area contributed by atoms with Gasteiger partial charge in [-0.3, -0.25) is 4.79 Å². The first-order valence-electron chi connectivity index (χ1n) is 8.66. The molecule has 2 heterocycles. The van der Waals surface area contributed by atoms with Crippen molar-refractivity contribution in [3.05, 3.63) is 59.3 Å². The maximum atomic E-state index is 12.7. The lowest BCUT2D eigenvalue weighted by molar-refractivity contribution is -0.138. The van der Waals surface area contributed by atoms with Crippen molar-refractivity contribution in [1.82, 2.24) is 9.88 Å². The molecule has 0 N–H and O–H groups in total. The van der Waals surface area contributed by atoms with Crippen LogP contribution in [0.5, 0.6) is 5.88 Å². The number of carbonyl (C=O) groups is 1. The Morgan fingerprint density at radius 2 is 1.69 bits per heavy atom. The predicted molar refractivity (Wildman–Crippen MR) is 90.0 cm³/mol. The van der Waals surface area contributed by atoms with Crippen molar-refractivity contribution in [3.8, 4) is 5.88 Å². The van der Waals surface area contributed by atoms with Crippen LogP contribution in [-0.4, -0.2) is 35.0 Å². The summed E-state index contributed by atoms with van der Waals surface area (Å²) in [7, 11) is 0. The van der Waals surface area contributed by atoms with Gasteiger partial charge < -0.3 is 9.64 Å². The zero-order chi connectivity index (χ0) is 21.2. The van der Waals surface area contributed by atoms with E-state index in [0.717, 1.165) is 30.5 Å². The summed E-state index contributed by atoms with van der Waals surface area (Å²) in [4.78, 5) is 17.6. The van der Waals surface area contributed by atoms with Gasteiger partial charge >= 0.3 is 12.4 Å². The third-order valence-electron chi connectivity index (χ3n) is 4.48. The fourth-order valence-electron chi connectivity index (χ4n) is 2.97. The molecule has 3 rings (SSSR count). The largest absolute Gasteiger partial charge is 0.472 e. The summed E-state index contributed by atoms with van der Waals surface area (Å²) in [6, 6.07) is 5.96. The van der Waals surface area contributed by atoms with Crippen LogP contribution in [0.25, 0.3) is 0 Å². The van der Waals surface area contributed by atoms with Crippen LogP contribution in [0.15, 0.2) is 42.6 Å². The lowest BCUT2D eigenvalue weighted by Crippen LogP contribution is -2.32. The molecule has 1 aliphatic heterocycles. The first kappa shape index (κ1) is 20.9. The molecule has 1 aliphatic rings. The molecule has 1 atom stereocenters. The number of rotatable bonds is 4. The van der Waals surface area contributed by atoms with Crippen molar-refractivity contribution in [2.75, 3.05) is 13.1 Å². The highest BCUT2D eigenvalue weighted by atomic mass is 19.4. The van der Waals surface area contributed by atoms with Crippen LogP contribution in [0, 0.1) is 0 Å². The molecule has 2 aromatic rings. The molecule has 1 aromatic carbocycles. The maximum absolute atomic E-state index is 12.7. The van der Waals surface area contributed by atoms with Crippen molar-refractivity contribution in [3.63, 3.8) is 0 Å². The Bertz CT molecular complexity index is 864. The number of carbonyl (C=O) groups excluding carboxylic acids is 1. The molecule has 1 aromatic heterocycles. The molecule has 10 heteroatoms. The Hall–Kier alpha value is -2.78. The van der Waals surface area contributed by atoms with E-state index in [1.54, 1.807) is 0 Å². The lowest BCUT2D eigenvalue weighted by Gasteiger charge is -2.17. The topological polar surface area (TPSA) is 42.4 Å². The number of halogens is 6. The van der Waals surface area contributed by atoms with E-state index in [1.807, 2.05) is 0 Å². The van der Waals surface area contributed by atoms with Crippen LogP contribution in [0.2, 0.25) is 0 Å². The molecule has 0 radical (unpaired) electrons. The number of aromatic nitrogens is 1. The second-order valence-electron chi connectivity index (χ2n) is 6.62. The van der Waals surface area contributed by atoms with Crippen molar-refractivity contribution in [2.24, 2.45) is 0 Å². The van der Waals surface area contributed by atoms with Crippen molar-refractivity contribution in [1.29, 1.82) is 0 Å². The summed E-state index contributed by atoms with van der Waals surface area (Å²) in [5, 5.41) is 0. The number of nitrogens with zero attached hydrogens (tertiary/aromatic N) is 2. The molecule has 0 saturated carbocycles. The molecule has 1 fully saturated rings. The van der Waals surface area contributed by atoms with Gasteiger partial charge in [-0.15, -0.1) is 0 Å². The summed E-state index contributed by atoms with van der Waals surface area (Å²) < 4.78 is 81.5. The van der Waals surface area contributed by atoms with Crippen LogP contribution in [-0.2, 0) is 23.6 Å². The van der Waals surface area contributed by atoms with Gasteiger partial charge in [0.25, 0.3) is 0 Å². The van der Waals surface area contributed by atoms with Crippen molar-refractivity contribution >= 4 is 5.91 Å². The second-order valence-corrected chi connectivity index (χ2v) is 6.62. The van der Waals surface area contributed by atoms with Gasteiger partial charge in [-0.1, -0.05) is 12.1 Å². The van der Waals surface area contributed by atoms with Crippen LogP contribution >= 0.6 is 0 Å². The van der Waals surface area contributed by atoms with E-state index in [0.29, 0.717) is 18.5 Å². The van der Waals surface area contributed by atoms with E-state index in [9.17, 15) is 31.1 Å². The highest BCUT2D eigenvalue weighted by Crippen LogP contribution is 2.31. The number of benzene rings is 1. The fraction of sp³-hybridized carbons (Fsp3) is 0.368. The third-order valence-corrected chi connectivity index (χ3v) is 4.48. The molecule has 1 saturated heterocycles. The van der Waals surface area contributed by atoms with E-state index in [2.05, 4.69) is 4.98 Å². The molecular formula is C19H16F6N2O2. The Balaban J connectivity index is 1.56. The maximum Gasteiger partial charge on any atom is 0.416 e. The molecule has 156 valence electrons. The highest BCUT2D eigenvalue weighted by molar-refractivity contribution is 5.79. The number of hydrogen-bond donors (Lipinski definition) is 0. The van der Waals surface area contributed by atoms with Gasteiger partial charge in [0.1, 0.15) is 6.10 Å². The molecule has 1 amide bonds. The Labute approximate surface area is 162 Å². The smallest absolute Gasteiger partial charge is 0.416 e. The van der Waals surface area contributed by atoms with Crippen molar-refractivity contribution in [2.45, 2.75) is 31.3 Å². The Morgan fingerprint density at radius 1 is 1.03 bits per heavy atom. The normalized spacial score (nSPS) is 17.4. The number of pyridine rings is 1. The molecule has 0 aliphatic carbocycles. The Kier molecular flexibility index (Phi) is 5.72. The average molecular weight is 418 g/mol. The zero-order valence-corrected chi connectivity index (χ0v) is 14.9. The Morgan fingerprint density at radius 3 is 2.31 bits per heavy atom. The van der Waals surface area contributed by atoms with Gasteiger partial charge in [-0.05, 0) is 23.8 Å². The van der Waals surface area contributed by atoms with Crippen molar-refractivity contribution < 1.29 is 35.9 Å². The first-order valence-corrected chi connectivity index (χ1v) is 8.66. The molecule has 0 bridgehead atoms. The standard InChI is InChI=1S/C19H16F6N2O2/c20-18(21,22)13-3-1-12(2-4-13)9-17(28)27-8-6-15(11-27)29-16-10-14(5-7-26-16)19(23,24)25/h1-5,7,10,15H,6,8-9,11H2. The monoisotopic (exact) mass is 418 g/mol.